The van der Waals surface area contributed by atoms with E-state index in [4.69, 9.17) is 14.2 Å². The largest absolute Gasteiger partial charge is 0.481 e. The lowest BCUT2D eigenvalue weighted by atomic mass is 9.76. The van der Waals surface area contributed by atoms with Crippen LogP contribution in [0.5, 0.6) is 5.88 Å². The third-order valence-electron chi connectivity index (χ3n) is 5.57. The van der Waals surface area contributed by atoms with Gasteiger partial charge in [0.2, 0.25) is 5.88 Å². The van der Waals surface area contributed by atoms with E-state index in [1.165, 1.54) is 0 Å². The second-order valence-corrected chi connectivity index (χ2v) is 8.93. The summed E-state index contributed by atoms with van der Waals surface area (Å²) in [5, 5.41) is 12.5. The number of carbonyl (C=O) groups excluding carboxylic acids is 1. The monoisotopic (exact) mass is 400 g/mol. The summed E-state index contributed by atoms with van der Waals surface area (Å²) in [6.45, 7) is 6.36. The number of carbonyl (C=O) groups is 1. The normalized spacial score (nSPS) is 27.0. The van der Waals surface area contributed by atoms with Crippen LogP contribution in [0.2, 0.25) is 0 Å². The zero-order valence-corrected chi connectivity index (χ0v) is 17.3. The van der Waals surface area contributed by atoms with Crippen molar-refractivity contribution in [3.63, 3.8) is 0 Å². The van der Waals surface area contributed by atoms with E-state index in [9.17, 15) is 9.90 Å². The molecule has 1 amide bonds. The SMILES string of the molecule is COc1ccc2cc(C3(O)CC4COCC(C3)N4C(=O)OC(C)(C)C)ccc2n1. The van der Waals surface area contributed by atoms with E-state index >= 15 is 0 Å². The molecule has 2 aliphatic rings. The number of amides is 1. The van der Waals surface area contributed by atoms with E-state index in [-0.39, 0.29) is 18.2 Å². The van der Waals surface area contributed by atoms with Crippen molar-refractivity contribution in [3.05, 3.63) is 35.9 Å². The first-order chi connectivity index (χ1) is 13.7. The maximum Gasteiger partial charge on any atom is 0.410 e. The summed E-state index contributed by atoms with van der Waals surface area (Å²) in [6, 6.07) is 9.07. The summed E-state index contributed by atoms with van der Waals surface area (Å²) in [7, 11) is 1.59. The van der Waals surface area contributed by atoms with Crippen molar-refractivity contribution in [2.45, 2.75) is 56.9 Å². The van der Waals surface area contributed by atoms with Crippen molar-refractivity contribution >= 4 is 17.0 Å². The lowest BCUT2D eigenvalue weighted by Crippen LogP contribution is -2.63. The minimum absolute atomic E-state index is 0.230. The highest BCUT2D eigenvalue weighted by Crippen LogP contribution is 2.42. The van der Waals surface area contributed by atoms with Crippen LogP contribution in [0, 0.1) is 0 Å². The first kappa shape index (κ1) is 19.9. The Hall–Kier alpha value is -2.38. The topological polar surface area (TPSA) is 81.1 Å². The first-order valence-corrected chi connectivity index (χ1v) is 9.95. The van der Waals surface area contributed by atoms with Crippen molar-refractivity contribution in [1.29, 1.82) is 0 Å². The molecule has 0 saturated carbocycles. The molecule has 2 bridgehead atoms. The summed E-state index contributed by atoms with van der Waals surface area (Å²) < 4.78 is 16.5. The number of hydrogen-bond donors (Lipinski definition) is 1. The third-order valence-corrected chi connectivity index (χ3v) is 5.57. The molecule has 2 aromatic rings. The molecule has 2 unspecified atom stereocenters. The van der Waals surface area contributed by atoms with Gasteiger partial charge in [0.15, 0.2) is 0 Å². The number of pyridine rings is 1. The molecule has 156 valence electrons. The fourth-order valence-electron chi connectivity index (χ4n) is 4.33. The third kappa shape index (κ3) is 3.89. The van der Waals surface area contributed by atoms with E-state index in [1.807, 2.05) is 51.1 Å². The predicted octanol–water partition coefficient (Wildman–Crippen LogP) is 3.23. The van der Waals surface area contributed by atoms with Gasteiger partial charge in [-0.3, -0.25) is 4.90 Å². The van der Waals surface area contributed by atoms with E-state index in [1.54, 1.807) is 12.0 Å². The van der Waals surface area contributed by atoms with Gasteiger partial charge in [0.1, 0.15) is 5.60 Å². The van der Waals surface area contributed by atoms with Crippen LogP contribution in [-0.2, 0) is 15.1 Å². The number of piperidine rings is 1. The van der Waals surface area contributed by atoms with Crippen molar-refractivity contribution < 1.29 is 24.1 Å². The van der Waals surface area contributed by atoms with Crippen molar-refractivity contribution in [2.75, 3.05) is 20.3 Å². The smallest absolute Gasteiger partial charge is 0.410 e. The standard InChI is InChI=1S/C22H28N2O5/c1-21(2,3)29-20(25)24-16-10-22(26,11-17(24)13-28-12-16)15-6-7-18-14(9-15)5-8-19(23-18)27-4/h5-9,16-17,26H,10-13H2,1-4H3. The van der Waals surface area contributed by atoms with E-state index in [0.29, 0.717) is 31.9 Å². The van der Waals surface area contributed by atoms with E-state index in [0.717, 1.165) is 16.5 Å². The molecule has 2 atom stereocenters. The Morgan fingerprint density at radius 1 is 1.21 bits per heavy atom. The van der Waals surface area contributed by atoms with Crippen LogP contribution in [0.3, 0.4) is 0 Å². The predicted molar refractivity (Wildman–Crippen MR) is 108 cm³/mol. The van der Waals surface area contributed by atoms with Crippen molar-refractivity contribution in [1.82, 2.24) is 9.88 Å². The summed E-state index contributed by atoms with van der Waals surface area (Å²) >= 11 is 0. The Labute approximate surface area is 170 Å². The number of aromatic nitrogens is 1. The van der Waals surface area contributed by atoms with Crippen molar-refractivity contribution in [3.8, 4) is 5.88 Å². The maximum absolute atomic E-state index is 12.8. The number of methoxy groups -OCH3 is 1. The molecule has 2 aliphatic heterocycles. The number of ether oxygens (including phenoxy) is 3. The molecule has 1 aromatic heterocycles. The van der Waals surface area contributed by atoms with Crippen LogP contribution in [0.4, 0.5) is 4.79 Å². The minimum Gasteiger partial charge on any atom is -0.481 e. The lowest BCUT2D eigenvalue weighted by molar-refractivity contribution is -0.141. The summed E-state index contributed by atoms with van der Waals surface area (Å²) in [6.07, 6.45) is 0.461. The number of nitrogens with zero attached hydrogens (tertiary/aromatic N) is 2. The Morgan fingerprint density at radius 3 is 2.52 bits per heavy atom. The number of aliphatic hydroxyl groups is 1. The van der Waals surface area contributed by atoms with Gasteiger partial charge in [-0.15, -0.1) is 0 Å². The maximum atomic E-state index is 12.8. The molecule has 29 heavy (non-hydrogen) atoms. The summed E-state index contributed by atoms with van der Waals surface area (Å²) in [4.78, 5) is 19.0. The van der Waals surface area contributed by atoms with Gasteiger partial charge in [0.25, 0.3) is 0 Å². The molecule has 1 N–H and O–H groups in total. The van der Waals surface area contributed by atoms with Gasteiger partial charge in [-0.25, -0.2) is 9.78 Å². The fourth-order valence-corrected chi connectivity index (χ4v) is 4.33. The molecule has 2 fully saturated rings. The number of hydrogen-bond acceptors (Lipinski definition) is 6. The molecular formula is C22H28N2O5. The number of benzene rings is 1. The Kier molecular flexibility index (Phi) is 4.91. The first-order valence-electron chi connectivity index (χ1n) is 9.95. The van der Waals surface area contributed by atoms with Gasteiger partial charge in [0.05, 0.1) is 43.5 Å². The van der Waals surface area contributed by atoms with Crippen LogP contribution in [-0.4, -0.2) is 59.1 Å². The van der Waals surface area contributed by atoms with Crippen LogP contribution < -0.4 is 4.74 Å². The van der Waals surface area contributed by atoms with Gasteiger partial charge < -0.3 is 19.3 Å². The van der Waals surface area contributed by atoms with Crippen LogP contribution in [0.15, 0.2) is 30.3 Å². The second kappa shape index (κ2) is 7.15. The van der Waals surface area contributed by atoms with Gasteiger partial charge in [-0.2, -0.15) is 0 Å². The van der Waals surface area contributed by atoms with Crippen molar-refractivity contribution in [2.24, 2.45) is 0 Å². The summed E-state index contributed by atoms with van der Waals surface area (Å²) in [5.41, 5.74) is 0.0436. The van der Waals surface area contributed by atoms with Crippen LogP contribution >= 0.6 is 0 Å². The molecule has 2 saturated heterocycles. The van der Waals surface area contributed by atoms with Crippen LogP contribution in [0.1, 0.15) is 39.2 Å². The number of fused-ring (bicyclic) bond motifs is 3. The highest BCUT2D eigenvalue weighted by molar-refractivity contribution is 5.80. The van der Waals surface area contributed by atoms with E-state index < -0.39 is 11.2 Å². The quantitative estimate of drug-likeness (QED) is 0.834. The zero-order chi connectivity index (χ0) is 20.8. The minimum atomic E-state index is -1.04. The van der Waals surface area contributed by atoms with Gasteiger partial charge >= 0.3 is 6.09 Å². The van der Waals surface area contributed by atoms with Gasteiger partial charge in [-0.1, -0.05) is 6.07 Å². The molecular weight excluding hydrogens is 372 g/mol. The lowest BCUT2D eigenvalue weighted by Gasteiger charge is -2.51. The Bertz CT molecular complexity index is 909. The highest BCUT2D eigenvalue weighted by atomic mass is 16.6. The molecule has 0 radical (unpaired) electrons. The fraction of sp³-hybridized carbons (Fsp3) is 0.545. The number of morpholine rings is 1. The average molecular weight is 400 g/mol. The Balaban J connectivity index is 1.61. The molecule has 3 heterocycles. The van der Waals surface area contributed by atoms with E-state index in [2.05, 4.69) is 4.98 Å². The molecule has 0 spiro atoms. The molecule has 4 rings (SSSR count). The average Bonchev–Trinajstić information content (AvgIpc) is 2.65. The molecule has 7 nitrogen and oxygen atoms in total. The van der Waals surface area contributed by atoms with Gasteiger partial charge in [-0.05, 0) is 44.5 Å². The zero-order valence-electron chi connectivity index (χ0n) is 17.3. The Morgan fingerprint density at radius 2 is 1.90 bits per heavy atom. The molecule has 7 heteroatoms. The highest BCUT2D eigenvalue weighted by Gasteiger charge is 2.49. The second-order valence-electron chi connectivity index (χ2n) is 8.93. The number of rotatable bonds is 2. The van der Waals surface area contributed by atoms with Crippen LogP contribution in [0.25, 0.3) is 10.9 Å². The van der Waals surface area contributed by atoms with Gasteiger partial charge in [0, 0.05) is 24.3 Å². The molecule has 1 aromatic carbocycles. The molecule has 0 aliphatic carbocycles. The summed E-state index contributed by atoms with van der Waals surface area (Å²) in [5.74, 6) is 0.557.